The molecule has 0 bridgehead atoms. The normalized spacial score (nSPS) is 12.3. The average Bonchev–Trinajstić information content (AvgIpc) is 2.89. The van der Waals surface area contributed by atoms with Gasteiger partial charge in [-0.1, -0.05) is 150 Å². The molecule has 0 aromatic rings. The Hall–Kier alpha value is -1.10. The molecule has 5 heteroatoms. The van der Waals surface area contributed by atoms with E-state index in [9.17, 15) is 14.7 Å². The highest BCUT2D eigenvalue weighted by molar-refractivity contribution is 5.69. The third kappa shape index (κ3) is 31.3. The van der Waals surface area contributed by atoms with Gasteiger partial charge < -0.3 is 14.6 Å². The number of rotatable bonds is 29. The Morgan fingerprint density at radius 1 is 0.462 bits per heavy atom. The number of aliphatic hydroxyl groups is 1. The molecule has 0 aliphatic rings. The third-order valence-corrected chi connectivity index (χ3v) is 7.45. The molecule has 0 aromatic carbocycles. The second-order valence-electron chi connectivity index (χ2n) is 12.6. The summed E-state index contributed by atoms with van der Waals surface area (Å²) < 4.78 is 10.3. The van der Waals surface area contributed by atoms with E-state index in [1.54, 1.807) is 0 Å². The van der Waals surface area contributed by atoms with Gasteiger partial charge in [-0.3, -0.25) is 9.59 Å². The first kappa shape index (κ1) is 37.9. The van der Waals surface area contributed by atoms with Gasteiger partial charge in [-0.05, 0) is 24.7 Å². The van der Waals surface area contributed by atoms with Crippen LogP contribution in [-0.2, 0) is 19.1 Å². The van der Waals surface area contributed by atoms with E-state index in [1.165, 1.54) is 96.3 Å². The first-order valence-electron chi connectivity index (χ1n) is 16.8. The Morgan fingerprint density at radius 2 is 0.718 bits per heavy atom. The number of hydrogen-bond acceptors (Lipinski definition) is 5. The molecule has 1 N–H and O–H groups in total. The maximum Gasteiger partial charge on any atom is 0.305 e. The van der Waals surface area contributed by atoms with Crippen molar-refractivity contribution in [1.29, 1.82) is 0 Å². The average molecular weight is 555 g/mol. The number of carbonyl (C=O) groups is 2. The molecule has 0 rings (SSSR count). The highest BCUT2D eigenvalue weighted by atomic mass is 16.6. The van der Waals surface area contributed by atoms with Crippen molar-refractivity contribution in [2.24, 2.45) is 11.8 Å². The quantitative estimate of drug-likeness (QED) is 0.0736. The Morgan fingerprint density at radius 3 is 1.00 bits per heavy atom. The highest BCUT2D eigenvalue weighted by Crippen LogP contribution is 2.15. The Bertz CT molecular complexity index is 546. The van der Waals surface area contributed by atoms with Crippen LogP contribution < -0.4 is 0 Å². The molecule has 0 radical (unpaired) electrons. The van der Waals surface area contributed by atoms with Crippen LogP contribution in [0.1, 0.15) is 175 Å². The SMILES string of the molecule is CC(C)CCCCCCCCCCCCC(=O)OC[C@H](O)COC(=O)CCCCCCCCCCCC(C)C. The van der Waals surface area contributed by atoms with Gasteiger partial charge in [0.25, 0.3) is 0 Å². The van der Waals surface area contributed by atoms with E-state index >= 15 is 0 Å². The third-order valence-electron chi connectivity index (χ3n) is 7.45. The number of esters is 2. The minimum atomic E-state index is -0.955. The van der Waals surface area contributed by atoms with Crippen molar-refractivity contribution in [3.8, 4) is 0 Å². The molecule has 1 atom stereocenters. The molecule has 0 saturated heterocycles. The topological polar surface area (TPSA) is 72.8 Å². The van der Waals surface area contributed by atoms with Gasteiger partial charge in [0.15, 0.2) is 0 Å². The first-order chi connectivity index (χ1) is 18.8. The van der Waals surface area contributed by atoms with Crippen molar-refractivity contribution in [2.75, 3.05) is 13.2 Å². The van der Waals surface area contributed by atoms with E-state index in [0.717, 1.165) is 50.4 Å². The van der Waals surface area contributed by atoms with Crippen molar-refractivity contribution >= 4 is 11.9 Å². The van der Waals surface area contributed by atoms with Crippen molar-refractivity contribution in [2.45, 2.75) is 181 Å². The van der Waals surface area contributed by atoms with Crippen LogP contribution in [0.15, 0.2) is 0 Å². The smallest absolute Gasteiger partial charge is 0.305 e. The minimum absolute atomic E-state index is 0.110. The molecule has 0 saturated carbocycles. The van der Waals surface area contributed by atoms with E-state index in [1.807, 2.05) is 0 Å². The summed E-state index contributed by atoms with van der Waals surface area (Å²) in [5.41, 5.74) is 0. The molecular weight excluding hydrogens is 488 g/mol. The van der Waals surface area contributed by atoms with Crippen molar-refractivity contribution in [1.82, 2.24) is 0 Å². The molecule has 0 aliphatic carbocycles. The van der Waals surface area contributed by atoms with Gasteiger partial charge in [-0.25, -0.2) is 0 Å². The van der Waals surface area contributed by atoms with Gasteiger partial charge in [-0.2, -0.15) is 0 Å². The number of aliphatic hydroxyl groups excluding tert-OH is 1. The lowest BCUT2D eigenvalue weighted by atomic mass is 10.0. The molecular formula is C34H66O5. The summed E-state index contributed by atoms with van der Waals surface area (Å²) in [5, 5.41) is 9.95. The fraction of sp³-hybridized carbons (Fsp3) is 0.941. The van der Waals surface area contributed by atoms with Gasteiger partial charge in [0, 0.05) is 12.8 Å². The maximum atomic E-state index is 11.9. The summed E-state index contributed by atoms with van der Waals surface area (Å²) in [4.78, 5) is 23.8. The van der Waals surface area contributed by atoms with Crippen LogP contribution in [0.2, 0.25) is 0 Å². The molecule has 0 unspecified atom stereocenters. The van der Waals surface area contributed by atoms with Crippen LogP contribution in [0.3, 0.4) is 0 Å². The molecule has 0 aromatic heterocycles. The fourth-order valence-corrected chi connectivity index (χ4v) is 4.87. The monoisotopic (exact) mass is 554 g/mol. The zero-order chi connectivity index (χ0) is 29.0. The van der Waals surface area contributed by atoms with E-state index in [2.05, 4.69) is 27.7 Å². The molecule has 39 heavy (non-hydrogen) atoms. The maximum absolute atomic E-state index is 11.9. The van der Waals surface area contributed by atoms with Crippen molar-refractivity contribution in [3.05, 3.63) is 0 Å². The molecule has 0 fully saturated rings. The first-order valence-corrected chi connectivity index (χ1v) is 16.8. The summed E-state index contributed by atoms with van der Waals surface area (Å²) >= 11 is 0. The van der Waals surface area contributed by atoms with Crippen LogP contribution >= 0.6 is 0 Å². The van der Waals surface area contributed by atoms with Crippen LogP contribution in [0.25, 0.3) is 0 Å². The molecule has 0 aliphatic heterocycles. The van der Waals surface area contributed by atoms with E-state index in [0.29, 0.717) is 12.8 Å². The van der Waals surface area contributed by atoms with Gasteiger partial charge in [-0.15, -0.1) is 0 Å². The summed E-state index contributed by atoms with van der Waals surface area (Å²) in [6.07, 6.45) is 25.8. The van der Waals surface area contributed by atoms with E-state index in [-0.39, 0.29) is 25.2 Å². The molecule has 0 amide bonds. The second kappa shape index (κ2) is 28.4. The summed E-state index contributed by atoms with van der Waals surface area (Å²) in [5.74, 6) is 1.09. The van der Waals surface area contributed by atoms with Crippen molar-refractivity contribution in [3.63, 3.8) is 0 Å². The minimum Gasteiger partial charge on any atom is -0.463 e. The van der Waals surface area contributed by atoms with Gasteiger partial charge in [0.2, 0.25) is 0 Å². The Kier molecular flexibility index (Phi) is 27.6. The molecule has 5 nitrogen and oxygen atoms in total. The van der Waals surface area contributed by atoms with Gasteiger partial charge in [0.05, 0.1) is 0 Å². The zero-order valence-corrected chi connectivity index (χ0v) is 26.5. The summed E-state index contributed by atoms with van der Waals surface area (Å²) in [6.45, 7) is 8.95. The fourth-order valence-electron chi connectivity index (χ4n) is 4.87. The lowest BCUT2D eigenvalue weighted by Crippen LogP contribution is -2.25. The zero-order valence-electron chi connectivity index (χ0n) is 26.5. The predicted molar refractivity (Wildman–Crippen MR) is 164 cm³/mol. The second-order valence-corrected chi connectivity index (χ2v) is 12.6. The summed E-state index contributed by atoms with van der Waals surface area (Å²) in [6, 6.07) is 0. The Labute approximate surface area is 242 Å². The van der Waals surface area contributed by atoms with E-state index < -0.39 is 6.10 Å². The lowest BCUT2D eigenvalue weighted by Gasteiger charge is -2.12. The molecule has 0 heterocycles. The van der Waals surface area contributed by atoms with Crippen LogP contribution in [0, 0.1) is 11.8 Å². The number of unbranched alkanes of at least 4 members (excludes halogenated alkanes) is 17. The van der Waals surface area contributed by atoms with Crippen LogP contribution in [0.4, 0.5) is 0 Å². The van der Waals surface area contributed by atoms with Crippen LogP contribution in [-0.4, -0.2) is 36.4 Å². The largest absolute Gasteiger partial charge is 0.463 e. The van der Waals surface area contributed by atoms with E-state index in [4.69, 9.17) is 9.47 Å². The predicted octanol–water partition coefficient (Wildman–Crippen LogP) is 9.72. The highest BCUT2D eigenvalue weighted by Gasteiger charge is 2.12. The molecule has 0 spiro atoms. The van der Waals surface area contributed by atoms with Crippen LogP contribution in [0.5, 0.6) is 0 Å². The number of ether oxygens (including phenoxy) is 2. The number of carbonyl (C=O) groups excluding carboxylic acids is 2. The van der Waals surface area contributed by atoms with Gasteiger partial charge in [0.1, 0.15) is 19.3 Å². The Balaban J connectivity index is 3.42. The number of hydrogen-bond donors (Lipinski definition) is 1. The standard InChI is InChI=1S/C34H66O5/c1-30(2)24-20-16-12-8-5-6-10-14-18-22-26-33(36)38-28-32(35)29-39-34(37)27-23-19-15-11-7-9-13-17-21-25-31(3)4/h30-32,35H,5-29H2,1-4H3/t32-/m0/s1. The van der Waals surface area contributed by atoms with Crippen molar-refractivity contribution < 1.29 is 24.2 Å². The lowest BCUT2D eigenvalue weighted by molar-refractivity contribution is -0.152. The van der Waals surface area contributed by atoms with Gasteiger partial charge >= 0.3 is 11.9 Å². The summed E-state index contributed by atoms with van der Waals surface area (Å²) in [7, 11) is 0. The molecule has 232 valence electrons.